The lowest BCUT2D eigenvalue weighted by molar-refractivity contribution is 0.803. The summed E-state index contributed by atoms with van der Waals surface area (Å²) in [6.07, 6.45) is 3.27. The maximum Gasteiger partial charge on any atom is 0.163 e. The number of aromatic nitrogens is 3. The van der Waals surface area contributed by atoms with Crippen LogP contribution in [-0.4, -0.2) is 15.0 Å². The van der Waals surface area contributed by atoms with E-state index in [1.807, 2.05) is 0 Å². The van der Waals surface area contributed by atoms with Gasteiger partial charge in [-0.1, -0.05) is 5.21 Å². The maximum atomic E-state index is 8.93. The van der Waals surface area contributed by atoms with E-state index in [4.69, 9.17) is 15.8 Å². The molecule has 1 heterocycles. The summed E-state index contributed by atoms with van der Waals surface area (Å²) >= 11 is 0. The van der Waals surface area contributed by atoms with Crippen LogP contribution in [0, 0.1) is 34.0 Å². The summed E-state index contributed by atoms with van der Waals surface area (Å²) in [7, 11) is 0. The van der Waals surface area contributed by atoms with Crippen LogP contribution in [0.2, 0.25) is 0 Å². The average molecular weight is 261 g/mol. The van der Waals surface area contributed by atoms with Crippen molar-refractivity contribution >= 4 is 5.69 Å². The normalized spacial score (nSPS) is 8.85. The highest BCUT2D eigenvalue weighted by Crippen LogP contribution is 2.15. The maximum absolute atomic E-state index is 8.93. The molecule has 0 amide bonds. The van der Waals surface area contributed by atoms with Gasteiger partial charge < -0.3 is 5.32 Å². The minimum Gasteiger partial charge on any atom is -0.345 e. The second-order valence-electron chi connectivity index (χ2n) is 3.60. The van der Waals surface area contributed by atoms with Crippen molar-refractivity contribution in [3.05, 3.63) is 47.9 Å². The predicted molar refractivity (Wildman–Crippen MR) is 68.8 cm³/mol. The molecule has 2 rings (SSSR count). The van der Waals surface area contributed by atoms with Gasteiger partial charge in [0.2, 0.25) is 0 Å². The van der Waals surface area contributed by atoms with Crippen molar-refractivity contribution in [2.24, 2.45) is 0 Å². The van der Waals surface area contributed by atoms with Gasteiger partial charge in [0.05, 0.1) is 18.1 Å². The fourth-order valence-electron chi connectivity index (χ4n) is 1.47. The predicted octanol–water partition coefficient (Wildman–Crippen LogP) is 1.50. The largest absolute Gasteiger partial charge is 0.345 e. The van der Waals surface area contributed by atoms with Crippen molar-refractivity contribution in [2.75, 3.05) is 5.32 Å². The Hall–Kier alpha value is -3.63. The van der Waals surface area contributed by atoms with E-state index in [-0.39, 0.29) is 11.3 Å². The highest BCUT2D eigenvalue weighted by molar-refractivity contribution is 5.59. The van der Waals surface area contributed by atoms with Crippen LogP contribution in [0.1, 0.15) is 0 Å². The zero-order chi connectivity index (χ0) is 14.4. The summed E-state index contributed by atoms with van der Waals surface area (Å²) in [6.45, 7) is 0. The van der Waals surface area contributed by atoms with Gasteiger partial charge >= 0.3 is 0 Å². The van der Waals surface area contributed by atoms with Crippen LogP contribution in [0.15, 0.2) is 47.9 Å². The van der Waals surface area contributed by atoms with Gasteiger partial charge in [0.1, 0.15) is 23.9 Å². The fourth-order valence-corrected chi connectivity index (χ4v) is 1.47. The van der Waals surface area contributed by atoms with Crippen LogP contribution in [-0.2, 0) is 0 Å². The van der Waals surface area contributed by atoms with E-state index in [0.29, 0.717) is 5.69 Å². The molecule has 2 aromatic rings. The van der Waals surface area contributed by atoms with E-state index >= 15 is 0 Å². The molecular formula is C13H7N7. The lowest BCUT2D eigenvalue weighted by atomic mass is 10.2. The Labute approximate surface area is 114 Å². The van der Waals surface area contributed by atoms with Crippen molar-refractivity contribution in [3.63, 3.8) is 0 Å². The van der Waals surface area contributed by atoms with Gasteiger partial charge in [-0.25, -0.2) is 4.68 Å². The molecule has 0 saturated heterocycles. The van der Waals surface area contributed by atoms with Gasteiger partial charge in [-0.05, 0) is 24.3 Å². The molecule has 1 aromatic heterocycles. The van der Waals surface area contributed by atoms with Crippen molar-refractivity contribution in [3.8, 4) is 23.9 Å². The molecule has 0 aliphatic carbocycles. The van der Waals surface area contributed by atoms with Crippen LogP contribution in [0.5, 0.6) is 0 Å². The Morgan fingerprint density at radius 1 is 1.05 bits per heavy atom. The highest BCUT2D eigenvalue weighted by Gasteiger charge is 2.06. The van der Waals surface area contributed by atoms with E-state index < -0.39 is 0 Å². The van der Waals surface area contributed by atoms with Crippen molar-refractivity contribution in [1.82, 2.24) is 15.0 Å². The first-order valence-electron chi connectivity index (χ1n) is 5.47. The Morgan fingerprint density at radius 3 is 2.25 bits per heavy atom. The SMILES string of the molecule is N#CC(C#N)=C(C#N)Nc1ccc(-n2ccnn2)cc1. The lowest BCUT2D eigenvalue weighted by Gasteiger charge is -2.06. The van der Waals surface area contributed by atoms with Gasteiger partial charge in [-0.3, -0.25) is 0 Å². The van der Waals surface area contributed by atoms with Crippen molar-refractivity contribution in [1.29, 1.82) is 15.8 Å². The van der Waals surface area contributed by atoms with Crippen molar-refractivity contribution < 1.29 is 0 Å². The Kier molecular flexibility index (Phi) is 3.72. The number of anilines is 1. The molecule has 20 heavy (non-hydrogen) atoms. The molecule has 0 spiro atoms. The molecule has 0 aliphatic rings. The first-order valence-corrected chi connectivity index (χ1v) is 5.47. The molecule has 94 valence electrons. The Morgan fingerprint density at radius 2 is 1.75 bits per heavy atom. The number of nitrogens with zero attached hydrogens (tertiary/aromatic N) is 6. The van der Waals surface area contributed by atoms with E-state index in [2.05, 4.69) is 15.6 Å². The molecule has 0 saturated carbocycles. The van der Waals surface area contributed by atoms with E-state index in [9.17, 15) is 0 Å². The molecule has 0 atom stereocenters. The van der Waals surface area contributed by atoms with Crippen LogP contribution < -0.4 is 5.32 Å². The third kappa shape index (κ3) is 2.61. The topological polar surface area (TPSA) is 114 Å². The Balaban J connectivity index is 2.25. The molecule has 0 aliphatic heterocycles. The third-order valence-electron chi connectivity index (χ3n) is 2.41. The quantitative estimate of drug-likeness (QED) is 0.837. The van der Waals surface area contributed by atoms with E-state index in [1.54, 1.807) is 59.5 Å². The van der Waals surface area contributed by atoms with Gasteiger partial charge in [0.25, 0.3) is 0 Å². The molecule has 0 bridgehead atoms. The van der Waals surface area contributed by atoms with Gasteiger partial charge in [-0.15, -0.1) is 5.10 Å². The summed E-state index contributed by atoms with van der Waals surface area (Å²) in [5.41, 5.74) is 1.06. The summed E-state index contributed by atoms with van der Waals surface area (Å²) in [6, 6.07) is 12.1. The molecule has 1 N–H and O–H groups in total. The van der Waals surface area contributed by atoms with Gasteiger partial charge in [0, 0.05) is 5.69 Å². The number of hydrogen-bond acceptors (Lipinski definition) is 6. The van der Waals surface area contributed by atoms with Crippen LogP contribution in [0.3, 0.4) is 0 Å². The summed E-state index contributed by atoms with van der Waals surface area (Å²) < 4.78 is 1.58. The zero-order valence-corrected chi connectivity index (χ0v) is 10.1. The third-order valence-corrected chi connectivity index (χ3v) is 2.41. The number of nitriles is 3. The van der Waals surface area contributed by atoms with E-state index in [1.165, 1.54) is 0 Å². The number of rotatable bonds is 3. The molecule has 7 heteroatoms. The Bertz CT molecular complexity index is 733. The zero-order valence-electron chi connectivity index (χ0n) is 10.1. The minimum absolute atomic E-state index is 0.0801. The van der Waals surface area contributed by atoms with Crippen molar-refractivity contribution in [2.45, 2.75) is 0 Å². The molecular weight excluding hydrogens is 254 g/mol. The van der Waals surface area contributed by atoms with Crippen LogP contribution >= 0.6 is 0 Å². The molecule has 7 nitrogen and oxygen atoms in total. The summed E-state index contributed by atoms with van der Waals surface area (Å²) in [4.78, 5) is 0. The van der Waals surface area contributed by atoms with E-state index in [0.717, 1.165) is 5.69 Å². The average Bonchev–Trinajstić information content (AvgIpc) is 3.02. The molecule has 1 aromatic carbocycles. The van der Waals surface area contributed by atoms with Gasteiger partial charge in [0.15, 0.2) is 5.57 Å². The first-order chi connectivity index (χ1) is 9.78. The smallest absolute Gasteiger partial charge is 0.163 e. The summed E-state index contributed by atoms with van der Waals surface area (Å²) in [5, 5.41) is 36.7. The number of hydrogen-bond donors (Lipinski definition) is 1. The second kappa shape index (κ2) is 5.81. The molecule has 0 radical (unpaired) electrons. The number of benzene rings is 1. The second-order valence-corrected chi connectivity index (χ2v) is 3.60. The summed E-state index contributed by atoms with van der Waals surface area (Å²) in [5.74, 6) is 0. The molecule has 0 fully saturated rings. The first kappa shape index (κ1) is 12.8. The van der Waals surface area contributed by atoms with Crippen LogP contribution in [0.25, 0.3) is 5.69 Å². The highest BCUT2D eigenvalue weighted by atomic mass is 15.4. The minimum atomic E-state index is -0.257. The lowest BCUT2D eigenvalue weighted by Crippen LogP contribution is -2.01. The van der Waals surface area contributed by atoms with Crippen LogP contribution in [0.4, 0.5) is 5.69 Å². The number of allylic oxidation sites excluding steroid dienone is 2. The fraction of sp³-hybridized carbons (Fsp3) is 0. The monoisotopic (exact) mass is 261 g/mol. The van der Waals surface area contributed by atoms with Gasteiger partial charge in [-0.2, -0.15) is 15.8 Å². The standard InChI is InChI=1S/C13H7N7/c14-7-10(8-15)13(9-16)18-11-1-3-12(4-2-11)20-6-5-17-19-20/h1-6,18H. The number of nitrogens with one attached hydrogen (secondary N) is 1. The molecule has 0 unspecified atom stereocenters.